The zero-order chi connectivity index (χ0) is 38.4. The van der Waals surface area contributed by atoms with Gasteiger partial charge in [0.25, 0.3) is 5.76 Å². The van der Waals surface area contributed by atoms with E-state index in [1.807, 2.05) is 0 Å². The lowest BCUT2D eigenvalue weighted by molar-refractivity contribution is -0.165. The van der Waals surface area contributed by atoms with E-state index in [9.17, 15) is 14.4 Å². The number of carbonyl (C=O) groups is 3. The van der Waals surface area contributed by atoms with Crippen LogP contribution in [0.3, 0.4) is 0 Å². The van der Waals surface area contributed by atoms with Gasteiger partial charge in [-0.2, -0.15) is 0 Å². The van der Waals surface area contributed by atoms with Gasteiger partial charge in [-0.05, 0) is 90.9 Å². The summed E-state index contributed by atoms with van der Waals surface area (Å²) in [4.78, 5) is 38.6. The molecule has 2 aliphatic heterocycles. The second-order valence-electron chi connectivity index (χ2n) is 14.0. The average molecular weight is 737 g/mol. The highest BCUT2D eigenvalue weighted by molar-refractivity contribution is 5.93. The molecule has 8 heteroatoms. The van der Waals surface area contributed by atoms with E-state index in [1.165, 1.54) is 0 Å². The Morgan fingerprint density at radius 1 is 0.623 bits per heavy atom. The lowest BCUT2D eigenvalue weighted by atomic mass is 10.1. The minimum Gasteiger partial charge on any atom is -0.445 e. The quantitative estimate of drug-likeness (QED) is 0.0324. The smallest absolute Gasteiger partial charge is 0.378 e. The molecule has 0 amide bonds. The van der Waals surface area contributed by atoms with Gasteiger partial charge < -0.3 is 23.7 Å². The molecule has 296 valence electrons. The molecule has 0 aromatic carbocycles. The van der Waals surface area contributed by atoms with Gasteiger partial charge in [-0.3, -0.25) is 9.59 Å². The van der Waals surface area contributed by atoms with E-state index in [0.29, 0.717) is 12.8 Å². The fourth-order valence-corrected chi connectivity index (χ4v) is 5.87. The van der Waals surface area contributed by atoms with Gasteiger partial charge in [0.2, 0.25) is 5.76 Å². The highest BCUT2D eigenvalue weighted by atomic mass is 16.8. The third-order valence-electron chi connectivity index (χ3n) is 8.77. The fraction of sp³-hybridized carbons (Fsp3) is 0.622. The molecule has 0 spiro atoms. The van der Waals surface area contributed by atoms with E-state index in [1.54, 1.807) is 13.8 Å². The molecular weight excluding hydrogens is 668 g/mol. The molecule has 8 nitrogen and oxygen atoms in total. The number of hydrogen-bond acceptors (Lipinski definition) is 8. The molecule has 2 rings (SSSR count). The third-order valence-corrected chi connectivity index (χ3v) is 8.77. The maximum absolute atomic E-state index is 12.9. The van der Waals surface area contributed by atoms with E-state index >= 15 is 0 Å². The van der Waals surface area contributed by atoms with Gasteiger partial charge in [0.15, 0.2) is 11.9 Å². The van der Waals surface area contributed by atoms with Crippen LogP contribution in [0, 0.1) is 0 Å². The van der Waals surface area contributed by atoms with Crippen molar-refractivity contribution in [1.82, 2.24) is 0 Å². The Morgan fingerprint density at radius 3 is 1.53 bits per heavy atom. The summed E-state index contributed by atoms with van der Waals surface area (Å²) in [5.74, 6) is -3.24. The molecule has 2 aliphatic rings. The van der Waals surface area contributed by atoms with Gasteiger partial charge >= 0.3 is 17.9 Å². The van der Waals surface area contributed by atoms with Gasteiger partial charge in [0.05, 0.1) is 6.61 Å². The zero-order valence-electron chi connectivity index (χ0n) is 33.2. The van der Waals surface area contributed by atoms with Crippen molar-refractivity contribution in [3.63, 3.8) is 0 Å². The molecule has 0 aromatic heterocycles. The Balaban J connectivity index is 1.72. The van der Waals surface area contributed by atoms with Crippen molar-refractivity contribution in [2.75, 3.05) is 6.61 Å². The first kappa shape index (κ1) is 45.7. The van der Waals surface area contributed by atoms with Crippen LogP contribution in [0.15, 0.2) is 84.4 Å². The van der Waals surface area contributed by atoms with Crippen LogP contribution in [0.2, 0.25) is 0 Å². The first-order valence-electron chi connectivity index (χ1n) is 20.4. The molecule has 0 N–H and O–H groups in total. The number of unbranched alkanes of at least 4 members (excludes halogenated alkanes) is 10. The Labute approximate surface area is 320 Å². The Hall–Kier alpha value is -3.49. The van der Waals surface area contributed by atoms with Crippen molar-refractivity contribution in [3.8, 4) is 0 Å². The Morgan fingerprint density at radius 2 is 1.06 bits per heavy atom. The highest BCUT2D eigenvalue weighted by Gasteiger charge is 2.49. The summed E-state index contributed by atoms with van der Waals surface area (Å²) in [5, 5.41) is 0. The largest absolute Gasteiger partial charge is 0.445 e. The molecular formula is C45H68O8. The molecule has 2 unspecified atom stereocenters. The van der Waals surface area contributed by atoms with Crippen LogP contribution >= 0.6 is 0 Å². The topological polar surface area (TPSA) is 97.4 Å². The van der Waals surface area contributed by atoms with E-state index in [4.69, 9.17) is 23.7 Å². The van der Waals surface area contributed by atoms with Gasteiger partial charge in [-0.15, -0.1) is 0 Å². The van der Waals surface area contributed by atoms with Crippen LogP contribution < -0.4 is 0 Å². The SMILES string of the molecule is CC/C=C\C/C=C\C/C=C\CCCCCCCC(=O)OC1=C(OC(=O)CCCCCCC/C=C\C/C=C\C/C=C\CC)C(C2COC(C)(C)O2)OC1=O. The number of hydrogen-bond donors (Lipinski definition) is 0. The molecule has 2 heterocycles. The molecule has 0 radical (unpaired) electrons. The van der Waals surface area contributed by atoms with Crippen LogP contribution in [-0.4, -0.2) is 42.5 Å². The predicted octanol–water partition coefficient (Wildman–Crippen LogP) is 11.5. The third kappa shape index (κ3) is 21.7. The lowest BCUT2D eigenvalue weighted by Crippen LogP contribution is -2.34. The van der Waals surface area contributed by atoms with Gasteiger partial charge in [-0.1, -0.05) is 125 Å². The second-order valence-corrected chi connectivity index (χ2v) is 14.0. The van der Waals surface area contributed by atoms with Gasteiger partial charge in [0, 0.05) is 12.8 Å². The molecule has 0 saturated carbocycles. The average Bonchev–Trinajstić information content (AvgIpc) is 3.65. The summed E-state index contributed by atoms with van der Waals surface area (Å²) in [6.07, 6.45) is 42.7. The van der Waals surface area contributed by atoms with E-state index < -0.39 is 35.9 Å². The Bertz CT molecular complexity index is 1260. The maximum atomic E-state index is 12.9. The zero-order valence-corrected chi connectivity index (χ0v) is 33.2. The predicted molar refractivity (Wildman–Crippen MR) is 213 cm³/mol. The first-order valence-corrected chi connectivity index (χ1v) is 20.4. The maximum Gasteiger partial charge on any atom is 0.378 e. The minimum absolute atomic E-state index is 0.101. The van der Waals surface area contributed by atoms with E-state index in [0.717, 1.165) is 103 Å². The summed E-state index contributed by atoms with van der Waals surface area (Å²) in [7, 11) is 0. The van der Waals surface area contributed by atoms with Crippen LogP contribution in [0.5, 0.6) is 0 Å². The summed E-state index contributed by atoms with van der Waals surface area (Å²) in [5.41, 5.74) is 0. The van der Waals surface area contributed by atoms with Crippen LogP contribution in [-0.2, 0) is 38.1 Å². The lowest BCUT2D eigenvalue weighted by Gasteiger charge is -2.21. The van der Waals surface area contributed by atoms with Crippen molar-refractivity contribution >= 4 is 17.9 Å². The van der Waals surface area contributed by atoms with Crippen molar-refractivity contribution < 1.29 is 38.1 Å². The highest BCUT2D eigenvalue weighted by Crippen LogP contribution is 2.34. The molecule has 53 heavy (non-hydrogen) atoms. The monoisotopic (exact) mass is 736 g/mol. The number of cyclic esters (lactones) is 1. The van der Waals surface area contributed by atoms with Crippen molar-refractivity contribution in [3.05, 3.63) is 84.4 Å². The molecule has 0 aromatic rings. The normalized spacial score (nSPS) is 19.1. The summed E-state index contributed by atoms with van der Waals surface area (Å²) in [6.45, 7) is 7.93. The summed E-state index contributed by atoms with van der Waals surface area (Å²) in [6, 6.07) is 0. The standard InChI is InChI=1S/C45H68O8/c1-5-7-9-11-13-15-17-19-21-23-25-27-29-31-33-35-39(46)50-42-41(38-37-49-45(3,4)53-38)52-44(48)43(42)51-40(47)36-34-32-30-28-26-24-22-20-18-16-14-12-10-8-6-2/h7-10,13-16,19-22,38,41H,5-6,11-12,17-18,23-37H2,1-4H3/b9-7-,10-8-,15-13-,16-14-,21-19-,22-20-. The molecule has 1 saturated heterocycles. The van der Waals surface area contributed by atoms with Gasteiger partial charge in [0.1, 0.15) is 6.10 Å². The number of rotatable bonds is 29. The molecule has 2 atom stereocenters. The van der Waals surface area contributed by atoms with Crippen LogP contribution in [0.1, 0.15) is 156 Å². The van der Waals surface area contributed by atoms with Gasteiger partial charge in [-0.25, -0.2) is 4.79 Å². The molecule has 0 aliphatic carbocycles. The van der Waals surface area contributed by atoms with Crippen molar-refractivity contribution in [2.24, 2.45) is 0 Å². The van der Waals surface area contributed by atoms with E-state index in [-0.39, 0.29) is 31.0 Å². The van der Waals surface area contributed by atoms with E-state index in [2.05, 4.69) is 86.8 Å². The van der Waals surface area contributed by atoms with Crippen LogP contribution in [0.25, 0.3) is 0 Å². The number of carbonyl (C=O) groups excluding carboxylic acids is 3. The summed E-state index contributed by atoms with van der Waals surface area (Å²) >= 11 is 0. The second kappa shape index (κ2) is 28.9. The number of allylic oxidation sites excluding steroid dienone is 12. The Kier molecular flexibility index (Phi) is 24.9. The molecule has 0 bridgehead atoms. The minimum atomic E-state index is -1.04. The number of ether oxygens (including phenoxy) is 5. The first-order chi connectivity index (χ1) is 25.8. The van der Waals surface area contributed by atoms with Crippen LogP contribution in [0.4, 0.5) is 0 Å². The molecule has 1 fully saturated rings. The fourth-order valence-electron chi connectivity index (χ4n) is 5.87. The number of esters is 3. The van der Waals surface area contributed by atoms with Crippen molar-refractivity contribution in [2.45, 2.75) is 174 Å². The summed E-state index contributed by atoms with van der Waals surface area (Å²) < 4.78 is 28.3. The van der Waals surface area contributed by atoms with Crippen molar-refractivity contribution in [1.29, 1.82) is 0 Å².